The maximum atomic E-state index is 12.4. The number of quaternary nitrogens is 1. The van der Waals surface area contributed by atoms with Crippen LogP contribution in [0.2, 0.25) is 0 Å². The molecule has 6 rings (SSSR count). The Kier molecular flexibility index (Phi) is 9.77. The van der Waals surface area contributed by atoms with Crippen molar-refractivity contribution in [2.45, 2.75) is 62.8 Å². The number of nitrogens with one attached hydrogen (secondary N) is 1. The van der Waals surface area contributed by atoms with E-state index in [0.717, 1.165) is 80.9 Å². The highest BCUT2D eigenvalue weighted by Gasteiger charge is 2.30. The summed E-state index contributed by atoms with van der Waals surface area (Å²) in [6, 6.07) is 16.7. The molecule has 2 aromatic carbocycles. The van der Waals surface area contributed by atoms with Gasteiger partial charge in [0.25, 0.3) is 0 Å². The molecule has 46 heavy (non-hydrogen) atoms. The van der Waals surface area contributed by atoms with Crippen LogP contribution in [0.4, 0.5) is 11.4 Å². The molecule has 0 spiro atoms. The van der Waals surface area contributed by atoms with Gasteiger partial charge in [0, 0.05) is 67.8 Å². The first-order chi connectivity index (χ1) is 22.3. The van der Waals surface area contributed by atoms with Gasteiger partial charge in [0.15, 0.2) is 0 Å². The summed E-state index contributed by atoms with van der Waals surface area (Å²) >= 11 is 0. The van der Waals surface area contributed by atoms with Crippen LogP contribution in [0.3, 0.4) is 0 Å². The standard InChI is InChI=1S/C36H46N6O4/c37-32(30-3-1-2-4-33(30)43)23-31(35(38)45)25-7-11-26(12-8-25)40-17-15-28(16-18-40)42-21-19-41(20-22-42)27-9-5-24(6-10-27)29-13-14-34(44)39-36(29)46/h2,4-12,23,28-29,32,34,43-44H,1,3,13-22,37H2,(H2,38,45)(H,39,46)/p+1/b31-23-. The zero-order valence-corrected chi connectivity index (χ0v) is 26.5. The van der Waals surface area contributed by atoms with Crippen molar-refractivity contribution in [1.82, 2.24) is 10.2 Å². The first kappa shape index (κ1) is 31.8. The quantitative estimate of drug-likeness (QED) is 0.282. The number of carbonyl (C=O) groups is 2. The molecule has 3 atom stereocenters. The number of piperidine rings is 2. The van der Waals surface area contributed by atoms with Crippen molar-refractivity contribution in [2.75, 3.05) is 49.1 Å². The fourth-order valence-corrected chi connectivity index (χ4v) is 7.38. The van der Waals surface area contributed by atoms with E-state index in [1.165, 1.54) is 5.69 Å². The lowest BCUT2D eigenvalue weighted by atomic mass is 9.90. The Balaban J connectivity index is 0.994. The summed E-state index contributed by atoms with van der Waals surface area (Å²) in [6.07, 6.45) is 9.71. The molecule has 3 unspecified atom stereocenters. The predicted molar refractivity (Wildman–Crippen MR) is 180 cm³/mol. The van der Waals surface area contributed by atoms with Gasteiger partial charge in [-0.15, -0.1) is 0 Å². The van der Waals surface area contributed by atoms with E-state index >= 15 is 0 Å². The second-order valence-electron chi connectivity index (χ2n) is 12.9. The molecule has 2 amide bonds. The highest BCUT2D eigenvalue weighted by molar-refractivity contribution is 6.18. The summed E-state index contributed by atoms with van der Waals surface area (Å²) < 4.78 is 0. The van der Waals surface area contributed by atoms with Crippen LogP contribution in [0.5, 0.6) is 0 Å². The number of hydrogen-bond donors (Lipinski definition) is 5. The topological polar surface area (TPSA) is 150 Å². The Labute approximate surface area is 271 Å². The number of amides is 2. The van der Waals surface area contributed by atoms with Crippen LogP contribution >= 0.6 is 0 Å². The average Bonchev–Trinajstić information content (AvgIpc) is 3.08. The lowest BCUT2D eigenvalue weighted by Gasteiger charge is -2.44. The van der Waals surface area contributed by atoms with E-state index in [-0.39, 0.29) is 23.6 Å². The second kappa shape index (κ2) is 14.1. The summed E-state index contributed by atoms with van der Waals surface area (Å²) in [6.45, 7) is 5.99. The van der Waals surface area contributed by atoms with E-state index in [2.05, 4.69) is 62.1 Å². The molecule has 10 heteroatoms. The first-order valence-corrected chi connectivity index (χ1v) is 16.6. The van der Waals surface area contributed by atoms with Crippen molar-refractivity contribution in [2.24, 2.45) is 5.73 Å². The van der Waals surface area contributed by atoms with Gasteiger partial charge in [-0.3, -0.25) is 14.5 Å². The minimum atomic E-state index is -0.726. The minimum absolute atomic E-state index is 0.0935. The number of allylic oxidation sites excluding steroid dienone is 2. The molecular weight excluding hydrogens is 580 g/mol. The highest BCUT2D eigenvalue weighted by atomic mass is 16.3. The SMILES string of the molecule is NC(=O)/C(=C\C([NH3+])C1=C(O)C=CCC1)c1ccc(N2CCC(N3CCN(c4ccc(C5CCC(O)NC5=O)cc4)CC3)CC2)cc1. The summed E-state index contributed by atoms with van der Waals surface area (Å²) in [5.41, 5.74) is 15.3. The third-order valence-electron chi connectivity index (χ3n) is 10.1. The molecule has 3 heterocycles. The zero-order valence-electron chi connectivity index (χ0n) is 26.5. The number of primary amides is 1. The fourth-order valence-electron chi connectivity index (χ4n) is 7.38. The smallest absolute Gasteiger partial charge is 0.249 e. The van der Waals surface area contributed by atoms with E-state index in [0.29, 0.717) is 30.9 Å². The fraction of sp³-hybridized carbons (Fsp3) is 0.444. The number of carbonyl (C=O) groups excluding carboxylic acids is 2. The van der Waals surface area contributed by atoms with Crippen molar-refractivity contribution in [3.8, 4) is 0 Å². The van der Waals surface area contributed by atoms with Gasteiger partial charge in [0.05, 0.1) is 5.92 Å². The number of hydrogen-bond acceptors (Lipinski definition) is 7. The van der Waals surface area contributed by atoms with Crippen LogP contribution in [0.15, 0.2) is 78.1 Å². The summed E-state index contributed by atoms with van der Waals surface area (Å²) in [4.78, 5) is 32.2. The maximum Gasteiger partial charge on any atom is 0.249 e. The van der Waals surface area contributed by atoms with Crippen molar-refractivity contribution in [1.29, 1.82) is 0 Å². The van der Waals surface area contributed by atoms with Gasteiger partial charge < -0.3 is 36.8 Å². The van der Waals surface area contributed by atoms with Gasteiger partial charge in [0.1, 0.15) is 18.0 Å². The van der Waals surface area contributed by atoms with Crippen molar-refractivity contribution >= 4 is 28.8 Å². The number of aliphatic hydroxyl groups excluding tert-OH is 2. The normalized spacial score (nSPS) is 24.2. The number of nitrogens with zero attached hydrogens (tertiary/aromatic N) is 3. The molecule has 3 saturated heterocycles. The third-order valence-corrected chi connectivity index (χ3v) is 10.1. The van der Waals surface area contributed by atoms with Crippen LogP contribution in [-0.2, 0) is 9.59 Å². The van der Waals surface area contributed by atoms with E-state index in [4.69, 9.17) is 5.73 Å². The van der Waals surface area contributed by atoms with E-state index in [9.17, 15) is 19.8 Å². The van der Waals surface area contributed by atoms with Crippen LogP contribution in [0, 0.1) is 0 Å². The van der Waals surface area contributed by atoms with E-state index < -0.39 is 12.1 Å². The largest absolute Gasteiger partial charge is 0.508 e. The molecule has 0 saturated carbocycles. The molecule has 10 nitrogen and oxygen atoms in total. The van der Waals surface area contributed by atoms with Crippen LogP contribution in [0.25, 0.3) is 5.57 Å². The minimum Gasteiger partial charge on any atom is -0.508 e. The number of benzene rings is 2. The molecule has 1 aliphatic carbocycles. The Morgan fingerprint density at radius 3 is 2.15 bits per heavy atom. The monoisotopic (exact) mass is 627 g/mol. The molecule has 0 bridgehead atoms. The van der Waals surface area contributed by atoms with Gasteiger partial charge in [-0.05, 0) is 86.1 Å². The predicted octanol–water partition coefficient (Wildman–Crippen LogP) is 2.43. The van der Waals surface area contributed by atoms with Crippen molar-refractivity contribution in [3.05, 3.63) is 89.2 Å². The molecular formula is C36H47N6O4+. The highest BCUT2D eigenvalue weighted by Crippen LogP contribution is 2.30. The summed E-state index contributed by atoms with van der Waals surface area (Å²) in [7, 11) is 0. The molecule has 244 valence electrons. The Morgan fingerprint density at radius 2 is 1.54 bits per heavy atom. The zero-order chi connectivity index (χ0) is 32.2. The lowest BCUT2D eigenvalue weighted by Crippen LogP contribution is -2.61. The Bertz CT molecular complexity index is 1490. The Morgan fingerprint density at radius 1 is 0.913 bits per heavy atom. The molecule has 4 aliphatic rings. The number of nitrogens with two attached hydrogens (primary N) is 1. The Hall–Kier alpha value is -4.12. The van der Waals surface area contributed by atoms with E-state index in [1.54, 1.807) is 12.2 Å². The average molecular weight is 628 g/mol. The van der Waals surface area contributed by atoms with Crippen LogP contribution in [-0.4, -0.2) is 84.5 Å². The van der Waals surface area contributed by atoms with Gasteiger partial charge >= 0.3 is 0 Å². The van der Waals surface area contributed by atoms with Crippen LogP contribution in [0.1, 0.15) is 55.6 Å². The van der Waals surface area contributed by atoms with Crippen molar-refractivity contribution in [3.63, 3.8) is 0 Å². The van der Waals surface area contributed by atoms with Crippen molar-refractivity contribution < 1.29 is 25.5 Å². The molecule has 0 aromatic heterocycles. The second-order valence-corrected chi connectivity index (χ2v) is 12.9. The summed E-state index contributed by atoms with van der Waals surface area (Å²) in [5, 5.41) is 22.6. The molecule has 0 radical (unpaired) electrons. The summed E-state index contributed by atoms with van der Waals surface area (Å²) in [5.74, 6) is -0.551. The molecule has 3 aliphatic heterocycles. The number of anilines is 2. The molecule has 8 N–H and O–H groups in total. The van der Waals surface area contributed by atoms with Gasteiger partial charge in [-0.2, -0.15) is 0 Å². The number of aliphatic hydroxyl groups is 2. The molecule has 2 aromatic rings. The number of rotatable bonds is 8. The van der Waals surface area contributed by atoms with Gasteiger partial charge in [-0.25, -0.2) is 0 Å². The first-order valence-electron chi connectivity index (χ1n) is 16.6. The van der Waals surface area contributed by atoms with Crippen LogP contribution < -0.4 is 26.6 Å². The van der Waals surface area contributed by atoms with Gasteiger partial charge in [0.2, 0.25) is 11.8 Å². The van der Waals surface area contributed by atoms with Gasteiger partial charge in [-0.1, -0.05) is 30.3 Å². The maximum absolute atomic E-state index is 12.4. The third kappa shape index (κ3) is 7.14. The number of piperazine rings is 1. The molecule has 3 fully saturated rings. The van der Waals surface area contributed by atoms with E-state index in [1.807, 2.05) is 18.2 Å². The lowest BCUT2D eigenvalue weighted by molar-refractivity contribution is -0.391.